The van der Waals surface area contributed by atoms with Crippen molar-refractivity contribution >= 4 is 6.09 Å². The number of nitrogens with two attached hydrogens (primary N) is 1. The molecule has 2 aliphatic carbocycles. The molecule has 3 N–H and O–H groups in total. The Balaban J connectivity index is 1.64. The Morgan fingerprint density at radius 2 is 1.78 bits per heavy atom. The van der Waals surface area contributed by atoms with Crippen LogP contribution in [-0.4, -0.2) is 25.3 Å². The summed E-state index contributed by atoms with van der Waals surface area (Å²) in [6, 6.07) is 0.333. The average molecular weight is 254 g/mol. The first-order valence-electron chi connectivity index (χ1n) is 7.43. The molecule has 0 aromatic carbocycles. The van der Waals surface area contributed by atoms with Gasteiger partial charge in [-0.2, -0.15) is 0 Å². The molecule has 0 spiro atoms. The first kappa shape index (κ1) is 13.7. The standard InChI is InChI=1S/C14H26N2O2/c15-9-11-5-4-6-12(11)10-18-14(17)16-13-7-2-1-3-8-13/h11-13H,1-10,15H2,(H,16,17). The van der Waals surface area contributed by atoms with Crippen molar-refractivity contribution in [3.05, 3.63) is 0 Å². The lowest BCUT2D eigenvalue weighted by Crippen LogP contribution is -2.37. The summed E-state index contributed by atoms with van der Waals surface area (Å²) in [7, 11) is 0. The van der Waals surface area contributed by atoms with Crippen LogP contribution in [0.1, 0.15) is 51.4 Å². The molecule has 0 radical (unpaired) electrons. The topological polar surface area (TPSA) is 64.3 Å². The van der Waals surface area contributed by atoms with Gasteiger partial charge in [0.2, 0.25) is 0 Å². The molecule has 2 saturated carbocycles. The van der Waals surface area contributed by atoms with E-state index in [1.54, 1.807) is 0 Å². The molecule has 2 aliphatic rings. The maximum absolute atomic E-state index is 11.7. The molecule has 0 aliphatic heterocycles. The minimum Gasteiger partial charge on any atom is -0.449 e. The number of hydrogen-bond acceptors (Lipinski definition) is 3. The molecule has 2 atom stereocenters. The Kier molecular flexibility index (Phi) is 5.29. The summed E-state index contributed by atoms with van der Waals surface area (Å²) in [5.74, 6) is 1.03. The summed E-state index contributed by atoms with van der Waals surface area (Å²) < 4.78 is 5.36. The van der Waals surface area contributed by atoms with Crippen LogP contribution in [0.3, 0.4) is 0 Å². The Morgan fingerprint density at radius 3 is 2.50 bits per heavy atom. The predicted octanol–water partition coefficient (Wildman–Crippen LogP) is 2.42. The molecule has 4 nitrogen and oxygen atoms in total. The predicted molar refractivity (Wildman–Crippen MR) is 71.2 cm³/mol. The number of hydrogen-bond donors (Lipinski definition) is 2. The highest BCUT2D eigenvalue weighted by Gasteiger charge is 2.27. The van der Waals surface area contributed by atoms with Crippen molar-refractivity contribution in [3.63, 3.8) is 0 Å². The van der Waals surface area contributed by atoms with E-state index in [9.17, 15) is 4.79 Å². The molecular weight excluding hydrogens is 228 g/mol. The van der Waals surface area contributed by atoms with Gasteiger partial charge in [-0.05, 0) is 44.1 Å². The number of alkyl carbamates (subject to hydrolysis) is 1. The molecule has 104 valence electrons. The quantitative estimate of drug-likeness (QED) is 0.809. The van der Waals surface area contributed by atoms with E-state index >= 15 is 0 Å². The molecule has 2 fully saturated rings. The molecule has 0 bridgehead atoms. The molecule has 0 aromatic rings. The van der Waals surface area contributed by atoms with Gasteiger partial charge in [-0.3, -0.25) is 0 Å². The van der Waals surface area contributed by atoms with Crippen molar-refractivity contribution in [2.45, 2.75) is 57.4 Å². The van der Waals surface area contributed by atoms with Crippen LogP contribution in [-0.2, 0) is 4.74 Å². The number of rotatable bonds is 4. The van der Waals surface area contributed by atoms with E-state index in [1.807, 2.05) is 0 Å². The van der Waals surface area contributed by atoms with Crippen molar-refractivity contribution in [3.8, 4) is 0 Å². The summed E-state index contributed by atoms with van der Waals surface area (Å²) in [5, 5.41) is 2.98. The van der Waals surface area contributed by atoms with Crippen molar-refractivity contribution in [2.75, 3.05) is 13.2 Å². The fourth-order valence-electron chi connectivity index (χ4n) is 3.28. The summed E-state index contributed by atoms with van der Waals surface area (Å²) >= 11 is 0. The Bertz CT molecular complexity index is 265. The Morgan fingerprint density at radius 1 is 1.06 bits per heavy atom. The van der Waals surface area contributed by atoms with Gasteiger partial charge in [-0.15, -0.1) is 0 Å². The van der Waals surface area contributed by atoms with Crippen molar-refractivity contribution in [1.82, 2.24) is 5.32 Å². The largest absolute Gasteiger partial charge is 0.449 e. The third-order valence-electron chi connectivity index (χ3n) is 4.47. The van der Waals surface area contributed by atoms with Crippen molar-refractivity contribution in [1.29, 1.82) is 0 Å². The summed E-state index contributed by atoms with van der Waals surface area (Å²) in [6.07, 6.45) is 9.28. The molecule has 1 amide bonds. The van der Waals surface area contributed by atoms with Crippen LogP contribution in [0.2, 0.25) is 0 Å². The van der Waals surface area contributed by atoms with E-state index in [4.69, 9.17) is 10.5 Å². The summed E-state index contributed by atoms with van der Waals surface area (Å²) in [5.41, 5.74) is 5.72. The fraction of sp³-hybridized carbons (Fsp3) is 0.929. The Hall–Kier alpha value is -0.770. The second-order valence-electron chi connectivity index (χ2n) is 5.76. The maximum Gasteiger partial charge on any atom is 0.407 e. The number of ether oxygens (including phenoxy) is 1. The van der Waals surface area contributed by atoms with E-state index in [0.29, 0.717) is 24.5 Å². The smallest absolute Gasteiger partial charge is 0.407 e. The van der Waals surface area contributed by atoms with E-state index in [0.717, 1.165) is 25.8 Å². The second-order valence-corrected chi connectivity index (χ2v) is 5.76. The third-order valence-corrected chi connectivity index (χ3v) is 4.47. The lowest BCUT2D eigenvalue weighted by Gasteiger charge is -2.23. The summed E-state index contributed by atoms with van der Waals surface area (Å²) in [6.45, 7) is 1.26. The number of amides is 1. The van der Waals surface area contributed by atoms with Gasteiger partial charge in [-0.25, -0.2) is 4.79 Å². The monoisotopic (exact) mass is 254 g/mol. The van der Waals surface area contributed by atoms with Gasteiger partial charge in [0.1, 0.15) is 0 Å². The molecular formula is C14H26N2O2. The van der Waals surface area contributed by atoms with Gasteiger partial charge in [0.05, 0.1) is 6.61 Å². The van der Waals surface area contributed by atoms with Crippen molar-refractivity contribution < 1.29 is 9.53 Å². The molecule has 0 aromatic heterocycles. The average Bonchev–Trinajstić information content (AvgIpc) is 2.85. The normalized spacial score (nSPS) is 29.2. The van der Waals surface area contributed by atoms with Crippen LogP contribution in [0.5, 0.6) is 0 Å². The lowest BCUT2D eigenvalue weighted by molar-refractivity contribution is 0.112. The van der Waals surface area contributed by atoms with Crippen LogP contribution in [0.15, 0.2) is 0 Å². The molecule has 2 unspecified atom stereocenters. The lowest BCUT2D eigenvalue weighted by atomic mass is 9.96. The highest BCUT2D eigenvalue weighted by atomic mass is 16.5. The van der Waals surface area contributed by atoms with Crippen LogP contribution < -0.4 is 11.1 Å². The van der Waals surface area contributed by atoms with E-state index in [2.05, 4.69) is 5.32 Å². The first-order valence-corrected chi connectivity index (χ1v) is 7.43. The highest BCUT2D eigenvalue weighted by molar-refractivity contribution is 5.67. The molecule has 4 heteroatoms. The second kappa shape index (κ2) is 6.98. The molecule has 0 heterocycles. The van der Waals surface area contributed by atoms with E-state index < -0.39 is 0 Å². The number of carbonyl (C=O) groups excluding carboxylic acids is 1. The molecule has 18 heavy (non-hydrogen) atoms. The van der Waals surface area contributed by atoms with E-state index in [-0.39, 0.29) is 6.09 Å². The third kappa shape index (κ3) is 3.87. The highest BCUT2D eigenvalue weighted by Crippen LogP contribution is 2.31. The zero-order valence-corrected chi connectivity index (χ0v) is 11.2. The Labute approximate surface area is 110 Å². The van der Waals surface area contributed by atoms with Crippen molar-refractivity contribution in [2.24, 2.45) is 17.6 Å². The minimum absolute atomic E-state index is 0.232. The molecule has 2 rings (SSSR count). The fourth-order valence-corrected chi connectivity index (χ4v) is 3.28. The van der Waals surface area contributed by atoms with Crippen LogP contribution in [0.4, 0.5) is 4.79 Å². The SMILES string of the molecule is NCC1CCCC1COC(=O)NC1CCCCC1. The summed E-state index contributed by atoms with van der Waals surface area (Å²) in [4.78, 5) is 11.7. The van der Waals surface area contributed by atoms with Gasteiger partial charge in [0.25, 0.3) is 0 Å². The van der Waals surface area contributed by atoms with Gasteiger partial charge >= 0.3 is 6.09 Å². The number of carbonyl (C=O) groups is 1. The van der Waals surface area contributed by atoms with Gasteiger partial charge < -0.3 is 15.8 Å². The van der Waals surface area contributed by atoms with E-state index in [1.165, 1.54) is 32.1 Å². The minimum atomic E-state index is -0.232. The van der Waals surface area contributed by atoms with Crippen LogP contribution in [0, 0.1) is 11.8 Å². The van der Waals surface area contributed by atoms with Crippen LogP contribution in [0.25, 0.3) is 0 Å². The number of nitrogens with one attached hydrogen (secondary N) is 1. The first-order chi connectivity index (χ1) is 8.79. The van der Waals surface area contributed by atoms with Crippen LogP contribution >= 0.6 is 0 Å². The van der Waals surface area contributed by atoms with Gasteiger partial charge in [0, 0.05) is 6.04 Å². The van der Waals surface area contributed by atoms with Gasteiger partial charge in [0.15, 0.2) is 0 Å². The molecule has 0 saturated heterocycles. The van der Waals surface area contributed by atoms with Gasteiger partial charge in [-0.1, -0.05) is 25.7 Å². The zero-order valence-electron chi connectivity index (χ0n) is 11.2. The zero-order chi connectivity index (χ0) is 12.8. The maximum atomic E-state index is 11.7.